The molecule has 0 radical (unpaired) electrons. The normalized spacial score (nSPS) is 22.0. The number of halogens is 2. The monoisotopic (exact) mass is 478 g/mol. The lowest BCUT2D eigenvalue weighted by molar-refractivity contribution is 0.0701. The van der Waals surface area contributed by atoms with Crippen LogP contribution in [0.1, 0.15) is 40.0 Å². The van der Waals surface area contributed by atoms with Crippen molar-refractivity contribution in [3.05, 3.63) is 58.6 Å². The van der Waals surface area contributed by atoms with Crippen LogP contribution in [-0.2, 0) is 0 Å². The van der Waals surface area contributed by atoms with Gasteiger partial charge in [0.1, 0.15) is 11.5 Å². The van der Waals surface area contributed by atoms with E-state index < -0.39 is 12.2 Å². The van der Waals surface area contributed by atoms with E-state index in [1.807, 2.05) is 0 Å². The van der Waals surface area contributed by atoms with Crippen molar-refractivity contribution in [2.75, 3.05) is 6.54 Å². The van der Waals surface area contributed by atoms with Crippen molar-refractivity contribution < 1.29 is 19.1 Å². The molecule has 0 aliphatic heterocycles. The van der Waals surface area contributed by atoms with E-state index in [0.717, 1.165) is 12.8 Å². The minimum absolute atomic E-state index is 0.0209. The summed E-state index contributed by atoms with van der Waals surface area (Å²) in [5, 5.41) is 6.98. The van der Waals surface area contributed by atoms with Gasteiger partial charge < -0.3 is 20.1 Å². The molecule has 6 nitrogen and oxygen atoms in total. The van der Waals surface area contributed by atoms with E-state index >= 15 is 0 Å². The van der Waals surface area contributed by atoms with Crippen molar-refractivity contribution in [1.82, 2.24) is 10.6 Å². The third kappa shape index (κ3) is 7.31. The standard InChI is InChI=1S/C24H28Cl2N2O4/c1-23(2)12-18(28-22(30)32-20-10-6-17(26)7-11-20)13-24(3,14-23)15-27-21(29)31-19-8-4-16(25)5-9-19/h4-11,18H,12-15H2,1-3H3,(H,27,29)(H,28,30). The number of hydrogen-bond donors (Lipinski definition) is 2. The molecule has 1 saturated carbocycles. The summed E-state index contributed by atoms with van der Waals surface area (Å²) in [6.07, 6.45) is 1.38. The Hall–Kier alpha value is -2.44. The van der Waals surface area contributed by atoms with Gasteiger partial charge in [-0.1, -0.05) is 44.0 Å². The number of carbonyl (C=O) groups excluding carboxylic acids is 2. The van der Waals surface area contributed by atoms with Gasteiger partial charge >= 0.3 is 12.2 Å². The van der Waals surface area contributed by atoms with Crippen LogP contribution in [0.3, 0.4) is 0 Å². The highest BCUT2D eigenvalue weighted by Crippen LogP contribution is 2.45. The molecule has 1 fully saturated rings. The van der Waals surface area contributed by atoms with Gasteiger partial charge in [0.05, 0.1) is 0 Å². The molecule has 2 unspecified atom stereocenters. The molecule has 1 aliphatic carbocycles. The maximum atomic E-state index is 12.4. The quantitative estimate of drug-likeness (QED) is 0.516. The van der Waals surface area contributed by atoms with Crippen molar-refractivity contribution in [1.29, 1.82) is 0 Å². The molecule has 3 rings (SSSR count). The summed E-state index contributed by atoms with van der Waals surface area (Å²) in [5.74, 6) is 0.849. The Kier molecular flexibility index (Phi) is 7.57. The second-order valence-electron chi connectivity index (χ2n) is 9.44. The van der Waals surface area contributed by atoms with Gasteiger partial charge in [-0.3, -0.25) is 0 Å². The zero-order valence-corrected chi connectivity index (χ0v) is 19.9. The van der Waals surface area contributed by atoms with Gasteiger partial charge in [-0.2, -0.15) is 0 Å². The highest BCUT2D eigenvalue weighted by molar-refractivity contribution is 6.30. The molecule has 1 aliphatic rings. The largest absolute Gasteiger partial charge is 0.412 e. The Morgan fingerprint density at radius 1 is 0.875 bits per heavy atom. The first-order chi connectivity index (χ1) is 15.0. The van der Waals surface area contributed by atoms with Crippen molar-refractivity contribution in [3.63, 3.8) is 0 Å². The number of hydrogen-bond acceptors (Lipinski definition) is 4. The molecule has 8 heteroatoms. The molecule has 172 valence electrons. The topological polar surface area (TPSA) is 76.7 Å². The Labute approximate surface area is 198 Å². The van der Waals surface area contributed by atoms with E-state index in [4.69, 9.17) is 32.7 Å². The zero-order valence-electron chi connectivity index (χ0n) is 18.4. The minimum atomic E-state index is -0.524. The Bertz CT molecular complexity index is 947. The average molecular weight is 479 g/mol. The van der Waals surface area contributed by atoms with Gasteiger partial charge in [-0.25, -0.2) is 9.59 Å². The number of benzene rings is 2. The number of amides is 2. The number of rotatable bonds is 5. The van der Waals surface area contributed by atoms with Crippen molar-refractivity contribution >= 4 is 35.4 Å². The predicted octanol–water partition coefficient (Wildman–Crippen LogP) is 6.46. The first kappa shape index (κ1) is 24.2. The van der Waals surface area contributed by atoms with E-state index in [0.29, 0.717) is 34.5 Å². The van der Waals surface area contributed by atoms with Gasteiger partial charge in [0.25, 0.3) is 0 Å². The minimum Gasteiger partial charge on any atom is -0.410 e. The lowest BCUT2D eigenvalue weighted by Crippen LogP contribution is -2.51. The van der Waals surface area contributed by atoms with Gasteiger partial charge in [0.2, 0.25) is 0 Å². The zero-order chi connectivity index (χ0) is 23.4. The molecule has 0 heterocycles. The van der Waals surface area contributed by atoms with E-state index in [1.54, 1.807) is 48.5 Å². The summed E-state index contributed by atoms with van der Waals surface area (Å²) >= 11 is 11.7. The summed E-state index contributed by atoms with van der Waals surface area (Å²) in [6.45, 7) is 6.86. The van der Waals surface area contributed by atoms with Crippen LogP contribution in [0, 0.1) is 10.8 Å². The molecule has 2 aromatic carbocycles. The molecule has 2 aromatic rings. The highest BCUT2D eigenvalue weighted by Gasteiger charge is 2.42. The molecule has 2 atom stereocenters. The fourth-order valence-corrected chi connectivity index (χ4v) is 4.86. The van der Waals surface area contributed by atoms with Crippen LogP contribution >= 0.6 is 23.2 Å². The highest BCUT2D eigenvalue weighted by atomic mass is 35.5. The summed E-state index contributed by atoms with van der Waals surface area (Å²) in [6, 6.07) is 13.1. The molecule has 0 aromatic heterocycles. The summed E-state index contributed by atoms with van der Waals surface area (Å²) < 4.78 is 10.7. The molecular weight excluding hydrogens is 451 g/mol. The number of carbonyl (C=O) groups is 2. The molecular formula is C24H28Cl2N2O4. The number of ether oxygens (including phenoxy) is 2. The summed E-state index contributed by atoms with van der Waals surface area (Å²) in [7, 11) is 0. The van der Waals surface area contributed by atoms with E-state index in [2.05, 4.69) is 31.4 Å². The van der Waals surface area contributed by atoms with Crippen molar-refractivity contribution in [2.45, 2.75) is 46.1 Å². The van der Waals surface area contributed by atoms with Crippen LogP contribution in [0.5, 0.6) is 11.5 Å². The first-order valence-corrected chi connectivity index (χ1v) is 11.2. The maximum absolute atomic E-state index is 12.4. The van der Waals surface area contributed by atoms with E-state index in [1.165, 1.54) is 0 Å². The van der Waals surface area contributed by atoms with Crippen LogP contribution in [-0.4, -0.2) is 24.8 Å². The van der Waals surface area contributed by atoms with Crippen LogP contribution < -0.4 is 20.1 Å². The fraction of sp³-hybridized carbons (Fsp3) is 0.417. The number of nitrogens with one attached hydrogen (secondary N) is 2. The fourth-order valence-electron chi connectivity index (χ4n) is 4.61. The summed E-state index contributed by atoms with van der Waals surface area (Å²) in [5.41, 5.74) is -0.244. The average Bonchev–Trinajstić information content (AvgIpc) is 2.68. The smallest absolute Gasteiger partial charge is 0.410 e. The SMILES string of the molecule is CC1(C)CC(NC(=O)Oc2ccc(Cl)cc2)CC(C)(CNC(=O)Oc2ccc(Cl)cc2)C1. The predicted molar refractivity (Wildman–Crippen MR) is 126 cm³/mol. The molecule has 2 N–H and O–H groups in total. The van der Waals surface area contributed by atoms with Gasteiger partial charge in [-0.05, 0) is 78.6 Å². The van der Waals surface area contributed by atoms with Gasteiger partial charge in [0, 0.05) is 22.6 Å². The van der Waals surface area contributed by atoms with Gasteiger partial charge in [-0.15, -0.1) is 0 Å². The molecule has 32 heavy (non-hydrogen) atoms. The molecule has 0 bridgehead atoms. The maximum Gasteiger partial charge on any atom is 0.412 e. The second kappa shape index (κ2) is 10.0. The van der Waals surface area contributed by atoms with Crippen LogP contribution in [0.15, 0.2) is 48.5 Å². The van der Waals surface area contributed by atoms with E-state index in [-0.39, 0.29) is 16.9 Å². The molecule has 2 amide bonds. The van der Waals surface area contributed by atoms with Gasteiger partial charge in [0.15, 0.2) is 0 Å². The third-order valence-electron chi connectivity index (χ3n) is 5.47. The van der Waals surface area contributed by atoms with Crippen LogP contribution in [0.2, 0.25) is 10.0 Å². The van der Waals surface area contributed by atoms with Crippen molar-refractivity contribution in [2.24, 2.45) is 10.8 Å². The van der Waals surface area contributed by atoms with E-state index in [9.17, 15) is 9.59 Å². The van der Waals surface area contributed by atoms with Crippen molar-refractivity contribution in [3.8, 4) is 11.5 Å². The van der Waals surface area contributed by atoms with Crippen LogP contribution in [0.25, 0.3) is 0 Å². The van der Waals surface area contributed by atoms with Crippen LogP contribution in [0.4, 0.5) is 9.59 Å². The summed E-state index contributed by atoms with van der Waals surface area (Å²) in [4.78, 5) is 24.7. The Morgan fingerprint density at radius 2 is 1.38 bits per heavy atom. The molecule has 0 saturated heterocycles. The lowest BCUT2D eigenvalue weighted by atomic mass is 9.62. The lowest BCUT2D eigenvalue weighted by Gasteiger charge is -2.46. The first-order valence-electron chi connectivity index (χ1n) is 10.5. The third-order valence-corrected chi connectivity index (χ3v) is 5.98. The Balaban J connectivity index is 1.55. The molecule has 0 spiro atoms. The Morgan fingerprint density at radius 3 is 1.91 bits per heavy atom. The second-order valence-corrected chi connectivity index (χ2v) is 10.3.